The Balaban J connectivity index is 1.86. The summed E-state index contributed by atoms with van der Waals surface area (Å²) in [5, 5.41) is 3.33. The lowest BCUT2D eigenvalue weighted by molar-refractivity contribution is 0.00333. The molecule has 1 N–H and O–H groups in total. The maximum Gasteiger partial charge on any atom is 0.163 e. The van der Waals surface area contributed by atoms with E-state index in [0.717, 1.165) is 36.8 Å². The predicted octanol–water partition coefficient (Wildman–Crippen LogP) is 3.07. The number of nitrogens with one attached hydrogen (secondary N) is 1. The molecule has 2 rings (SSSR count). The van der Waals surface area contributed by atoms with Gasteiger partial charge in [0.2, 0.25) is 0 Å². The SMILES string of the molecule is CC(C)(C)OCCNc1ccc2c(c1)OCCCO2. The van der Waals surface area contributed by atoms with E-state index < -0.39 is 0 Å². The standard InChI is InChI=1S/C15H23NO3/c1-15(2,3)19-10-7-16-12-5-6-13-14(11-12)18-9-4-8-17-13/h5-6,11,16H,4,7-10H2,1-3H3. The summed E-state index contributed by atoms with van der Waals surface area (Å²) in [5.41, 5.74) is 0.939. The fourth-order valence-electron chi connectivity index (χ4n) is 1.83. The first-order valence-electron chi connectivity index (χ1n) is 6.82. The van der Waals surface area contributed by atoms with E-state index in [1.807, 2.05) is 18.2 Å². The molecule has 1 aliphatic rings. The highest BCUT2D eigenvalue weighted by molar-refractivity contribution is 5.54. The van der Waals surface area contributed by atoms with Crippen LogP contribution in [0.25, 0.3) is 0 Å². The fraction of sp³-hybridized carbons (Fsp3) is 0.600. The second-order valence-corrected chi connectivity index (χ2v) is 5.60. The number of hydrogen-bond donors (Lipinski definition) is 1. The van der Waals surface area contributed by atoms with Crippen LogP contribution in [-0.2, 0) is 4.74 Å². The van der Waals surface area contributed by atoms with Crippen LogP contribution < -0.4 is 14.8 Å². The van der Waals surface area contributed by atoms with Crippen molar-refractivity contribution in [1.29, 1.82) is 0 Å². The van der Waals surface area contributed by atoms with Gasteiger partial charge in [-0.3, -0.25) is 0 Å². The minimum atomic E-state index is -0.0909. The monoisotopic (exact) mass is 265 g/mol. The molecule has 0 aliphatic carbocycles. The lowest BCUT2D eigenvalue weighted by Crippen LogP contribution is -2.23. The Kier molecular flexibility index (Phi) is 4.53. The first kappa shape index (κ1) is 14.0. The van der Waals surface area contributed by atoms with Crippen LogP contribution in [0.4, 0.5) is 5.69 Å². The quantitative estimate of drug-likeness (QED) is 0.849. The van der Waals surface area contributed by atoms with Crippen LogP contribution in [-0.4, -0.2) is 32.0 Å². The first-order chi connectivity index (χ1) is 9.04. The van der Waals surface area contributed by atoms with Gasteiger partial charge in [0.15, 0.2) is 11.5 Å². The predicted molar refractivity (Wildman–Crippen MR) is 76.2 cm³/mol. The molecule has 1 heterocycles. The van der Waals surface area contributed by atoms with Gasteiger partial charge in [0.05, 0.1) is 25.4 Å². The molecule has 1 aromatic rings. The van der Waals surface area contributed by atoms with E-state index in [9.17, 15) is 0 Å². The van der Waals surface area contributed by atoms with Gasteiger partial charge in [-0.05, 0) is 32.9 Å². The van der Waals surface area contributed by atoms with Crippen molar-refractivity contribution in [2.24, 2.45) is 0 Å². The van der Waals surface area contributed by atoms with Crippen molar-refractivity contribution in [3.63, 3.8) is 0 Å². The van der Waals surface area contributed by atoms with E-state index in [1.165, 1.54) is 0 Å². The molecule has 0 aromatic heterocycles. The third kappa shape index (κ3) is 4.63. The fourth-order valence-corrected chi connectivity index (χ4v) is 1.83. The average molecular weight is 265 g/mol. The minimum absolute atomic E-state index is 0.0909. The van der Waals surface area contributed by atoms with Crippen molar-refractivity contribution in [2.45, 2.75) is 32.8 Å². The highest BCUT2D eigenvalue weighted by Crippen LogP contribution is 2.32. The summed E-state index contributed by atoms with van der Waals surface area (Å²) in [6, 6.07) is 5.94. The first-order valence-corrected chi connectivity index (χ1v) is 6.82. The van der Waals surface area contributed by atoms with Crippen LogP contribution in [0.2, 0.25) is 0 Å². The maximum absolute atomic E-state index is 5.67. The van der Waals surface area contributed by atoms with Crippen LogP contribution >= 0.6 is 0 Å². The van der Waals surface area contributed by atoms with E-state index in [4.69, 9.17) is 14.2 Å². The summed E-state index contributed by atoms with van der Waals surface area (Å²) in [6.07, 6.45) is 0.927. The summed E-state index contributed by atoms with van der Waals surface area (Å²) in [4.78, 5) is 0. The van der Waals surface area contributed by atoms with Gasteiger partial charge in [0.1, 0.15) is 0 Å². The van der Waals surface area contributed by atoms with E-state index in [0.29, 0.717) is 13.2 Å². The Morgan fingerprint density at radius 3 is 2.63 bits per heavy atom. The summed E-state index contributed by atoms with van der Waals surface area (Å²) in [6.45, 7) is 9.05. The van der Waals surface area contributed by atoms with Crippen molar-refractivity contribution < 1.29 is 14.2 Å². The van der Waals surface area contributed by atoms with E-state index >= 15 is 0 Å². The molecule has 106 valence electrons. The Morgan fingerprint density at radius 1 is 1.16 bits per heavy atom. The Hall–Kier alpha value is -1.42. The zero-order valence-electron chi connectivity index (χ0n) is 12.0. The molecule has 1 aliphatic heterocycles. The molecular weight excluding hydrogens is 242 g/mol. The molecule has 4 nitrogen and oxygen atoms in total. The normalized spacial score (nSPS) is 14.9. The third-order valence-corrected chi connectivity index (χ3v) is 2.71. The van der Waals surface area contributed by atoms with Crippen molar-refractivity contribution >= 4 is 5.69 Å². The molecule has 0 amide bonds. The molecule has 0 spiro atoms. The summed E-state index contributed by atoms with van der Waals surface area (Å²) in [7, 11) is 0. The van der Waals surface area contributed by atoms with E-state index in [1.54, 1.807) is 0 Å². The van der Waals surface area contributed by atoms with Crippen molar-refractivity contribution in [3.8, 4) is 11.5 Å². The number of fused-ring (bicyclic) bond motifs is 1. The van der Waals surface area contributed by atoms with Crippen LogP contribution in [0.5, 0.6) is 11.5 Å². The average Bonchev–Trinajstić information content (AvgIpc) is 2.58. The molecule has 1 aromatic carbocycles. The van der Waals surface area contributed by atoms with Crippen LogP contribution in [0.1, 0.15) is 27.2 Å². The lowest BCUT2D eigenvalue weighted by atomic mass is 10.2. The lowest BCUT2D eigenvalue weighted by Gasteiger charge is -2.20. The zero-order chi connectivity index (χ0) is 13.7. The number of ether oxygens (including phenoxy) is 3. The molecule has 4 heteroatoms. The molecule has 0 saturated carbocycles. The van der Waals surface area contributed by atoms with Gasteiger partial charge in [0, 0.05) is 24.7 Å². The van der Waals surface area contributed by atoms with Gasteiger partial charge in [0.25, 0.3) is 0 Å². The summed E-state index contributed by atoms with van der Waals surface area (Å²) >= 11 is 0. The second-order valence-electron chi connectivity index (χ2n) is 5.60. The smallest absolute Gasteiger partial charge is 0.163 e. The van der Waals surface area contributed by atoms with E-state index in [-0.39, 0.29) is 5.60 Å². The van der Waals surface area contributed by atoms with Crippen LogP contribution in [0.15, 0.2) is 18.2 Å². The van der Waals surface area contributed by atoms with Gasteiger partial charge in [-0.15, -0.1) is 0 Å². The van der Waals surface area contributed by atoms with Gasteiger partial charge in [-0.2, -0.15) is 0 Å². The van der Waals surface area contributed by atoms with Crippen LogP contribution in [0, 0.1) is 0 Å². The van der Waals surface area contributed by atoms with Gasteiger partial charge >= 0.3 is 0 Å². The number of anilines is 1. The molecule has 0 fully saturated rings. The van der Waals surface area contributed by atoms with E-state index in [2.05, 4.69) is 26.1 Å². The van der Waals surface area contributed by atoms with Crippen molar-refractivity contribution in [2.75, 3.05) is 31.7 Å². The Morgan fingerprint density at radius 2 is 1.89 bits per heavy atom. The molecule has 0 saturated heterocycles. The maximum atomic E-state index is 5.67. The Bertz CT molecular complexity index is 412. The minimum Gasteiger partial charge on any atom is -0.490 e. The number of benzene rings is 1. The second kappa shape index (κ2) is 6.15. The molecule has 0 radical (unpaired) electrons. The third-order valence-electron chi connectivity index (χ3n) is 2.71. The van der Waals surface area contributed by atoms with Crippen molar-refractivity contribution in [1.82, 2.24) is 0 Å². The number of rotatable bonds is 4. The van der Waals surface area contributed by atoms with Gasteiger partial charge in [-0.1, -0.05) is 0 Å². The molecule has 19 heavy (non-hydrogen) atoms. The summed E-state index contributed by atoms with van der Waals surface area (Å²) < 4.78 is 16.9. The highest BCUT2D eigenvalue weighted by atomic mass is 16.5. The topological polar surface area (TPSA) is 39.7 Å². The van der Waals surface area contributed by atoms with Gasteiger partial charge in [-0.25, -0.2) is 0 Å². The summed E-state index contributed by atoms with van der Waals surface area (Å²) in [5.74, 6) is 1.65. The Labute approximate surface area is 115 Å². The number of hydrogen-bond acceptors (Lipinski definition) is 4. The molecule has 0 unspecified atom stereocenters. The van der Waals surface area contributed by atoms with Crippen molar-refractivity contribution in [3.05, 3.63) is 18.2 Å². The largest absolute Gasteiger partial charge is 0.490 e. The molecule has 0 bridgehead atoms. The van der Waals surface area contributed by atoms with Gasteiger partial charge < -0.3 is 19.5 Å². The molecule has 0 atom stereocenters. The highest BCUT2D eigenvalue weighted by Gasteiger charge is 2.11. The molecular formula is C15H23NO3. The zero-order valence-corrected chi connectivity index (χ0v) is 12.0. The van der Waals surface area contributed by atoms with Crippen LogP contribution in [0.3, 0.4) is 0 Å².